The van der Waals surface area contributed by atoms with E-state index < -0.39 is 0 Å². The van der Waals surface area contributed by atoms with Crippen molar-refractivity contribution in [2.75, 3.05) is 18.4 Å². The SMILES string of the molecule is CC(=O)N1CCC(Nc2ncc3c(-c4ccc5nncn5c4)c[nH]c3n2)CC1. The van der Waals surface area contributed by atoms with Crippen LogP contribution in [0.4, 0.5) is 5.95 Å². The molecule has 1 aliphatic heterocycles. The number of aromatic nitrogens is 6. The number of nitrogens with one attached hydrogen (secondary N) is 2. The highest BCUT2D eigenvalue weighted by atomic mass is 16.2. The lowest BCUT2D eigenvalue weighted by molar-refractivity contribution is -0.129. The average molecular weight is 376 g/mol. The van der Waals surface area contributed by atoms with E-state index in [1.807, 2.05) is 40.0 Å². The van der Waals surface area contributed by atoms with Crippen LogP contribution in [0.1, 0.15) is 19.8 Å². The van der Waals surface area contributed by atoms with Gasteiger partial charge in [0.1, 0.15) is 12.0 Å². The number of carbonyl (C=O) groups is 1. The number of anilines is 1. The van der Waals surface area contributed by atoms with Gasteiger partial charge in [0.2, 0.25) is 11.9 Å². The summed E-state index contributed by atoms with van der Waals surface area (Å²) in [6.07, 6.45) is 9.26. The Morgan fingerprint density at radius 2 is 2.14 bits per heavy atom. The fraction of sp³-hybridized carbons (Fsp3) is 0.316. The average Bonchev–Trinajstić information content (AvgIpc) is 3.34. The minimum absolute atomic E-state index is 0.139. The van der Waals surface area contributed by atoms with E-state index in [9.17, 15) is 4.79 Å². The van der Waals surface area contributed by atoms with Crippen molar-refractivity contribution < 1.29 is 4.79 Å². The second kappa shape index (κ2) is 6.59. The maximum Gasteiger partial charge on any atom is 0.224 e. The van der Waals surface area contributed by atoms with E-state index in [1.54, 1.807) is 13.3 Å². The molecule has 0 unspecified atom stereocenters. The van der Waals surface area contributed by atoms with E-state index in [4.69, 9.17) is 0 Å². The molecule has 2 N–H and O–H groups in total. The third kappa shape index (κ3) is 2.94. The predicted molar refractivity (Wildman–Crippen MR) is 105 cm³/mol. The van der Waals surface area contributed by atoms with Crippen LogP contribution in [0.25, 0.3) is 27.8 Å². The summed E-state index contributed by atoms with van der Waals surface area (Å²) >= 11 is 0. The Bertz CT molecular complexity index is 1160. The van der Waals surface area contributed by atoms with E-state index in [-0.39, 0.29) is 11.9 Å². The van der Waals surface area contributed by atoms with Crippen LogP contribution < -0.4 is 5.32 Å². The lowest BCUT2D eigenvalue weighted by Gasteiger charge is -2.31. The summed E-state index contributed by atoms with van der Waals surface area (Å²) in [4.78, 5) is 25.7. The number of nitrogens with zero attached hydrogens (tertiary/aromatic N) is 6. The molecular weight excluding hydrogens is 356 g/mol. The molecular formula is C19H20N8O. The standard InChI is InChI=1S/C19H20N8O/c1-12(28)26-6-4-14(5-7-26)23-19-21-9-16-15(8-20-18(16)24-19)13-2-3-17-25-22-11-27(17)10-13/h2-3,8-11,14H,4-7H2,1H3,(H2,20,21,23,24). The van der Waals surface area contributed by atoms with Crippen LogP contribution in [-0.4, -0.2) is 59.5 Å². The van der Waals surface area contributed by atoms with Crippen molar-refractivity contribution >= 4 is 28.5 Å². The molecule has 5 heterocycles. The molecule has 1 amide bonds. The van der Waals surface area contributed by atoms with Crippen LogP contribution in [0, 0.1) is 0 Å². The van der Waals surface area contributed by atoms with Crippen molar-refractivity contribution in [1.82, 2.24) is 34.4 Å². The third-order valence-corrected chi connectivity index (χ3v) is 5.31. The Morgan fingerprint density at radius 1 is 1.29 bits per heavy atom. The Kier molecular flexibility index (Phi) is 3.92. The number of carbonyl (C=O) groups excluding carboxylic acids is 1. The number of hydrogen-bond acceptors (Lipinski definition) is 6. The zero-order chi connectivity index (χ0) is 19.1. The number of H-pyrrole nitrogens is 1. The first kappa shape index (κ1) is 16.7. The first-order valence-corrected chi connectivity index (χ1v) is 9.33. The molecule has 9 heteroatoms. The van der Waals surface area contributed by atoms with Crippen LogP contribution >= 0.6 is 0 Å². The molecule has 9 nitrogen and oxygen atoms in total. The number of amides is 1. The molecule has 28 heavy (non-hydrogen) atoms. The molecule has 4 aromatic heterocycles. The summed E-state index contributed by atoms with van der Waals surface area (Å²) in [5.74, 6) is 0.746. The van der Waals surface area contributed by atoms with Crippen LogP contribution in [0.15, 0.2) is 37.1 Å². The molecule has 4 aromatic rings. The van der Waals surface area contributed by atoms with E-state index >= 15 is 0 Å². The summed E-state index contributed by atoms with van der Waals surface area (Å²) in [7, 11) is 0. The molecule has 1 aliphatic rings. The summed E-state index contributed by atoms with van der Waals surface area (Å²) in [5.41, 5.74) is 3.67. The molecule has 0 atom stereocenters. The summed E-state index contributed by atoms with van der Waals surface area (Å²) in [5, 5.41) is 12.3. The number of fused-ring (bicyclic) bond motifs is 2. The highest BCUT2D eigenvalue weighted by molar-refractivity contribution is 5.93. The zero-order valence-corrected chi connectivity index (χ0v) is 15.5. The molecule has 1 saturated heterocycles. The van der Waals surface area contributed by atoms with Gasteiger partial charge in [-0.2, -0.15) is 4.98 Å². The van der Waals surface area contributed by atoms with Gasteiger partial charge >= 0.3 is 0 Å². The molecule has 1 fully saturated rings. The highest BCUT2D eigenvalue weighted by Crippen LogP contribution is 2.28. The van der Waals surface area contributed by atoms with Gasteiger partial charge in [0.25, 0.3) is 0 Å². The normalized spacial score (nSPS) is 15.4. The van der Waals surface area contributed by atoms with Gasteiger partial charge in [-0.25, -0.2) is 4.98 Å². The molecule has 142 valence electrons. The number of pyridine rings is 1. The van der Waals surface area contributed by atoms with Gasteiger partial charge in [0, 0.05) is 61.2 Å². The topological polar surface area (TPSA) is 104 Å². The van der Waals surface area contributed by atoms with Crippen molar-refractivity contribution in [3.8, 4) is 11.1 Å². The van der Waals surface area contributed by atoms with Gasteiger partial charge in [-0.1, -0.05) is 0 Å². The summed E-state index contributed by atoms with van der Waals surface area (Å²) in [6, 6.07) is 4.23. The number of hydrogen-bond donors (Lipinski definition) is 2. The Balaban J connectivity index is 1.37. The van der Waals surface area contributed by atoms with Crippen LogP contribution in [0.2, 0.25) is 0 Å². The Morgan fingerprint density at radius 3 is 2.96 bits per heavy atom. The molecule has 0 aliphatic carbocycles. The fourth-order valence-electron chi connectivity index (χ4n) is 3.72. The van der Waals surface area contributed by atoms with Gasteiger partial charge in [-0.05, 0) is 25.0 Å². The van der Waals surface area contributed by atoms with Crippen LogP contribution in [-0.2, 0) is 4.79 Å². The Hall–Kier alpha value is -3.49. The van der Waals surface area contributed by atoms with Gasteiger partial charge in [-0.3, -0.25) is 9.20 Å². The molecule has 5 rings (SSSR count). The lowest BCUT2D eigenvalue weighted by atomic mass is 10.1. The third-order valence-electron chi connectivity index (χ3n) is 5.31. The van der Waals surface area contributed by atoms with Crippen molar-refractivity contribution in [2.24, 2.45) is 0 Å². The number of rotatable bonds is 3. The van der Waals surface area contributed by atoms with E-state index in [0.717, 1.165) is 53.7 Å². The zero-order valence-electron chi connectivity index (χ0n) is 15.5. The largest absolute Gasteiger partial charge is 0.351 e. The van der Waals surface area contributed by atoms with Gasteiger partial charge in [-0.15, -0.1) is 10.2 Å². The quantitative estimate of drug-likeness (QED) is 0.567. The second-order valence-corrected chi connectivity index (χ2v) is 7.10. The summed E-state index contributed by atoms with van der Waals surface area (Å²) < 4.78 is 1.89. The number of piperidine rings is 1. The highest BCUT2D eigenvalue weighted by Gasteiger charge is 2.21. The smallest absolute Gasteiger partial charge is 0.224 e. The van der Waals surface area contributed by atoms with Gasteiger partial charge < -0.3 is 15.2 Å². The monoisotopic (exact) mass is 376 g/mol. The molecule has 0 spiro atoms. The predicted octanol–water partition coefficient (Wildman–Crippen LogP) is 2.09. The summed E-state index contributed by atoms with van der Waals surface area (Å²) in [6.45, 7) is 3.16. The van der Waals surface area contributed by atoms with Gasteiger partial charge in [0.05, 0.1) is 0 Å². The van der Waals surface area contributed by atoms with Crippen LogP contribution in [0.3, 0.4) is 0 Å². The maximum absolute atomic E-state index is 11.5. The molecule has 0 radical (unpaired) electrons. The molecule has 0 bridgehead atoms. The van der Waals surface area contributed by atoms with E-state index in [2.05, 4.69) is 30.5 Å². The number of likely N-dealkylation sites (tertiary alicyclic amines) is 1. The van der Waals surface area contributed by atoms with E-state index in [0.29, 0.717) is 5.95 Å². The first-order valence-electron chi connectivity index (χ1n) is 9.33. The van der Waals surface area contributed by atoms with Crippen LogP contribution in [0.5, 0.6) is 0 Å². The molecule has 0 saturated carbocycles. The van der Waals surface area contributed by atoms with Crippen molar-refractivity contribution in [2.45, 2.75) is 25.8 Å². The minimum atomic E-state index is 0.139. The second-order valence-electron chi connectivity index (χ2n) is 7.10. The minimum Gasteiger partial charge on any atom is -0.351 e. The van der Waals surface area contributed by atoms with Crippen molar-refractivity contribution in [3.05, 3.63) is 37.1 Å². The van der Waals surface area contributed by atoms with Crippen molar-refractivity contribution in [1.29, 1.82) is 0 Å². The first-order chi connectivity index (χ1) is 13.7. The lowest BCUT2D eigenvalue weighted by Crippen LogP contribution is -2.41. The van der Waals surface area contributed by atoms with Gasteiger partial charge in [0.15, 0.2) is 5.65 Å². The fourth-order valence-corrected chi connectivity index (χ4v) is 3.72. The van der Waals surface area contributed by atoms with Crippen molar-refractivity contribution in [3.63, 3.8) is 0 Å². The Labute approximate surface area is 160 Å². The molecule has 0 aromatic carbocycles. The van der Waals surface area contributed by atoms with E-state index in [1.165, 1.54) is 0 Å². The number of aromatic amines is 1. The maximum atomic E-state index is 11.5.